The normalized spacial score (nSPS) is 11.6. The quantitative estimate of drug-likeness (QED) is 0.700. The Labute approximate surface area is 149 Å². The number of amides is 2. The smallest absolute Gasteiger partial charge is 0.308 e. The van der Waals surface area contributed by atoms with Gasteiger partial charge in [0.2, 0.25) is 0 Å². The van der Waals surface area contributed by atoms with Crippen LogP contribution in [-0.2, 0) is 4.79 Å². The Morgan fingerprint density at radius 3 is 2.32 bits per heavy atom. The van der Waals surface area contributed by atoms with Gasteiger partial charge in [0.1, 0.15) is 5.78 Å². The van der Waals surface area contributed by atoms with Crippen molar-refractivity contribution < 1.29 is 9.59 Å². The van der Waals surface area contributed by atoms with Crippen molar-refractivity contribution >= 4 is 23.2 Å². The highest BCUT2D eigenvalue weighted by atomic mass is 16.2. The van der Waals surface area contributed by atoms with Gasteiger partial charge in [0.05, 0.1) is 0 Å². The highest BCUT2D eigenvalue weighted by molar-refractivity contribution is 6.00. The number of aryl methyl sites for hydroxylation is 1. The molecule has 0 aliphatic heterocycles. The van der Waals surface area contributed by atoms with Crippen LogP contribution in [0.15, 0.2) is 48.5 Å². The molecule has 1 unspecified atom stereocenters. The van der Waals surface area contributed by atoms with E-state index < -0.39 is 0 Å². The minimum atomic E-state index is -0.283. The second kappa shape index (κ2) is 9.02. The standard InChI is InChI=1S/C21H26N2O2/c1-4-5-10-20(24)16(3)17-11-13-18(14-12-17)22-21(25)23-19-9-7-6-8-15(19)2/h6-9,11-14,16H,4-5,10H2,1-3H3,(H2,22,23,25). The molecule has 0 spiro atoms. The van der Waals surface area contributed by atoms with Gasteiger partial charge >= 0.3 is 6.03 Å². The van der Waals surface area contributed by atoms with Crippen molar-refractivity contribution in [1.29, 1.82) is 0 Å². The van der Waals surface area contributed by atoms with Crippen LogP contribution in [0.3, 0.4) is 0 Å². The van der Waals surface area contributed by atoms with Crippen molar-refractivity contribution in [1.82, 2.24) is 0 Å². The van der Waals surface area contributed by atoms with E-state index in [1.54, 1.807) is 0 Å². The van der Waals surface area contributed by atoms with Crippen molar-refractivity contribution in [2.75, 3.05) is 10.6 Å². The van der Waals surface area contributed by atoms with E-state index in [9.17, 15) is 9.59 Å². The second-order valence-electron chi connectivity index (χ2n) is 6.31. The van der Waals surface area contributed by atoms with Gasteiger partial charge in [-0.15, -0.1) is 0 Å². The predicted molar refractivity (Wildman–Crippen MR) is 103 cm³/mol. The van der Waals surface area contributed by atoms with Crippen LogP contribution in [-0.4, -0.2) is 11.8 Å². The number of urea groups is 1. The third-order valence-corrected chi connectivity index (χ3v) is 4.32. The van der Waals surface area contributed by atoms with Crippen LogP contribution < -0.4 is 10.6 Å². The maximum Gasteiger partial charge on any atom is 0.323 e. The molecule has 4 nitrogen and oxygen atoms in total. The number of carbonyl (C=O) groups excluding carboxylic acids is 2. The van der Waals surface area contributed by atoms with Crippen LogP contribution in [0.4, 0.5) is 16.2 Å². The molecular formula is C21H26N2O2. The number of carbonyl (C=O) groups is 2. The van der Waals surface area contributed by atoms with E-state index in [0.717, 1.165) is 29.7 Å². The molecule has 0 aliphatic carbocycles. The maximum absolute atomic E-state index is 12.1. The average Bonchev–Trinajstić information content (AvgIpc) is 2.61. The molecule has 4 heteroatoms. The maximum atomic E-state index is 12.1. The lowest BCUT2D eigenvalue weighted by atomic mass is 9.93. The first kappa shape index (κ1) is 18.7. The van der Waals surface area contributed by atoms with Gasteiger partial charge in [-0.3, -0.25) is 4.79 Å². The molecular weight excluding hydrogens is 312 g/mol. The number of nitrogens with one attached hydrogen (secondary N) is 2. The monoisotopic (exact) mass is 338 g/mol. The summed E-state index contributed by atoms with van der Waals surface area (Å²) in [6.07, 6.45) is 2.58. The molecule has 25 heavy (non-hydrogen) atoms. The summed E-state index contributed by atoms with van der Waals surface area (Å²) in [5.74, 6) is 0.154. The number of benzene rings is 2. The van der Waals surface area contributed by atoms with Crippen LogP contribution >= 0.6 is 0 Å². The van der Waals surface area contributed by atoms with E-state index in [0.29, 0.717) is 12.1 Å². The van der Waals surface area contributed by atoms with Gasteiger partial charge in [-0.2, -0.15) is 0 Å². The number of hydrogen-bond donors (Lipinski definition) is 2. The van der Waals surface area contributed by atoms with Gasteiger partial charge in [-0.05, 0) is 42.7 Å². The van der Waals surface area contributed by atoms with Crippen LogP contribution in [0.1, 0.15) is 50.2 Å². The summed E-state index contributed by atoms with van der Waals surface area (Å²) in [5, 5.41) is 5.65. The molecule has 0 bridgehead atoms. The number of unbranched alkanes of at least 4 members (excludes halogenated alkanes) is 1. The number of rotatable bonds is 7. The van der Waals surface area contributed by atoms with E-state index in [2.05, 4.69) is 17.6 Å². The topological polar surface area (TPSA) is 58.2 Å². The number of hydrogen-bond acceptors (Lipinski definition) is 2. The molecule has 2 aromatic rings. The summed E-state index contributed by atoms with van der Waals surface area (Å²) in [6, 6.07) is 14.8. The third kappa shape index (κ3) is 5.45. The summed E-state index contributed by atoms with van der Waals surface area (Å²) in [6.45, 7) is 5.97. The molecule has 0 saturated carbocycles. The Balaban J connectivity index is 1.94. The number of para-hydroxylation sites is 1. The minimum absolute atomic E-state index is 0.110. The SMILES string of the molecule is CCCCC(=O)C(C)c1ccc(NC(=O)Nc2ccccc2C)cc1. The fraction of sp³-hybridized carbons (Fsp3) is 0.333. The molecule has 0 aromatic heterocycles. The lowest BCUT2D eigenvalue weighted by molar-refractivity contribution is -0.120. The van der Waals surface area contributed by atoms with Crippen LogP contribution in [0.2, 0.25) is 0 Å². The van der Waals surface area contributed by atoms with Crippen molar-refractivity contribution in [3.63, 3.8) is 0 Å². The van der Waals surface area contributed by atoms with Crippen molar-refractivity contribution in [3.05, 3.63) is 59.7 Å². The highest BCUT2D eigenvalue weighted by Crippen LogP contribution is 2.21. The number of anilines is 2. The molecule has 2 aromatic carbocycles. The lowest BCUT2D eigenvalue weighted by Gasteiger charge is -2.13. The van der Waals surface area contributed by atoms with E-state index in [1.165, 1.54) is 0 Å². The van der Waals surface area contributed by atoms with Crippen LogP contribution in [0.5, 0.6) is 0 Å². The van der Waals surface area contributed by atoms with E-state index in [-0.39, 0.29) is 17.7 Å². The van der Waals surface area contributed by atoms with Crippen molar-refractivity contribution in [2.24, 2.45) is 0 Å². The summed E-state index contributed by atoms with van der Waals surface area (Å²) in [5.41, 5.74) is 3.47. The zero-order valence-electron chi connectivity index (χ0n) is 15.1. The zero-order valence-corrected chi connectivity index (χ0v) is 15.1. The molecule has 1 atom stereocenters. The van der Waals surface area contributed by atoms with Crippen molar-refractivity contribution in [2.45, 2.75) is 46.0 Å². The summed E-state index contributed by atoms with van der Waals surface area (Å²) in [7, 11) is 0. The highest BCUT2D eigenvalue weighted by Gasteiger charge is 2.14. The van der Waals surface area contributed by atoms with Gasteiger partial charge in [0, 0.05) is 23.7 Å². The summed E-state index contributed by atoms with van der Waals surface area (Å²) < 4.78 is 0. The average molecular weight is 338 g/mol. The molecule has 0 aliphatic rings. The van der Waals surface area contributed by atoms with E-state index in [1.807, 2.05) is 62.4 Å². The molecule has 0 heterocycles. The Hall–Kier alpha value is -2.62. The molecule has 0 fully saturated rings. The molecule has 132 valence electrons. The van der Waals surface area contributed by atoms with E-state index in [4.69, 9.17) is 0 Å². The van der Waals surface area contributed by atoms with Crippen LogP contribution in [0, 0.1) is 6.92 Å². The Kier molecular flexibility index (Phi) is 6.75. The molecule has 2 amide bonds. The second-order valence-corrected chi connectivity index (χ2v) is 6.31. The third-order valence-electron chi connectivity index (χ3n) is 4.32. The van der Waals surface area contributed by atoms with Gasteiger partial charge in [0.15, 0.2) is 0 Å². The fourth-order valence-electron chi connectivity index (χ4n) is 2.61. The van der Waals surface area contributed by atoms with Crippen molar-refractivity contribution in [3.8, 4) is 0 Å². The summed E-state index contributed by atoms with van der Waals surface area (Å²) >= 11 is 0. The minimum Gasteiger partial charge on any atom is -0.308 e. The van der Waals surface area contributed by atoms with E-state index >= 15 is 0 Å². The molecule has 2 rings (SSSR count). The zero-order chi connectivity index (χ0) is 18.2. The Morgan fingerprint density at radius 1 is 1.00 bits per heavy atom. The molecule has 2 N–H and O–H groups in total. The first-order valence-electron chi connectivity index (χ1n) is 8.77. The summed E-state index contributed by atoms with van der Waals surface area (Å²) in [4.78, 5) is 24.2. The van der Waals surface area contributed by atoms with Gasteiger partial charge in [0.25, 0.3) is 0 Å². The van der Waals surface area contributed by atoms with Crippen LogP contribution in [0.25, 0.3) is 0 Å². The fourth-order valence-corrected chi connectivity index (χ4v) is 2.61. The number of ketones is 1. The van der Waals surface area contributed by atoms with Gasteiger partial charge in [-0.25, -0.2) is 4.79 Å². The molecule has 0 radical (unpaired) electrons. The largest absolute Gasteiger partial charge is 0.323 e. The Bertz CT molecular complexity index is 723. The van der Waals surface area contributed by atoms with Gasteiger partial charge in [-0.1, -0.05) is 50.6 Å². The first-order valence-corrected chi connectivity index (χ1v) is 8.77. The lowest BCUT2D eigenvalue weighted by Crippen LogP contribution is -2.20. The molecule has 0 saturated heterocycles. The predicted octanol–water partition coefficient (Wildman–Crippen LogP) is 5.50. The first-order chi connectivity index (χ1) is 12.0. The number of Topliss-reactive ketones (excluding diaryl/α,β-unsaturated/α-hetero) is 1. The van der Waals surface area contributed by atoms with Gasteiger partial charge < -0.3 is 10.6 Å². The Morgan fingerprint density at radius 2 is 1.68 bits per heavy atom.